The van der Waals surface area contributed by atoms with E-state index < -0.39 is 0 Å². The molecule has 4 rings (SSSR count). The van der Waals surface area contributed by atoms with Crippen LogP contribution >= 0.6 is 0 Å². The minimum Gasteiger partial charge on any atom is -0.494 e. The molecule has 17 heavy (non-hydrogen) atoms. The molecule has 6 atom stereocenters. The fourth-order valence-corrected chi connectivity index (χ4v) is 4.91. The standard InChI is InChI=1S/C14H22N2O/c1-2-4-10-9(3-1)11-7-15-8-12(11)14-13(10)16-5-6-17-14/h5-6,9-16H,1-4,7-8H2. The van der Waals surface area contributed by atoms with E-state index >= 15 is 0 Å². The van der Waals surface area contributed by atoms with Gasteiger partial charge in [0.25, 0.3) is 0 Å². The van der Waals surface area contributed by atoms with Crippen molar-refractivity contribution in [3.05, 3.63) is 12.5 Å². The smallest absolute Gasteiger partial charge is 0.122 e. The third-order valence-electron chi connectivity index (χ3n) is 5.56. The quantitative estimate of drug-likeness (QED) is 0.666. The third-order valence-corrected chi connectivity index (χ3v) is 5.56. The average molecular weight is 234 g/mol. The van der Waals surface area contributed by atoms with Gasteiger partial charge in [0.15, 0.2) is 0 Å². The molecule has 0 spiro atoms. The molecule has 0 aromatic heterocycles. The molecule has 4 aliphatic rings. The highest BCUT2D eigenvalue weighted by atomic mass is 16.5. The highest BCUT2D eigenvalue weighted by Crippen LogP contribution is 2.49. The molecule has 0 amide bonds. The first-order valence-corrected chi connectivity index (χ1v) is 7.22. The van der Waals surface area contributed by atoms with Gasteiger partial charge in [0, 0.05) is 18.7 Å². The van der Waals surface area contributed by atoms with Crippen molar-refractivity contribution in [1.82, 2.24) is 10.6 Å². The first kappa shape index (κ1) is 10.2. The minimum atomic E-state index is 0.416. The van der Waals surface area contributed by atoms with Crippen LogP contribution in [0.5, 0.6) is 0 Å². The van der Waals surface area contributed by atoms with E-state index in [1.54, 1.807) is 0 Å². The first-order valence-electron chi connectivity index (χ1n) is 7.22. The van der Waals surface area contributed by atoms with Crippen LogP contribution in [0.3, 0.4) is 0 Å². The fourth-order valence-electron chi connectivity index (χ4n) is 4.91. The fraction of sp³-hybridized carbons (Fsp3) is 0.857. The van der Waals surface area contributed by atoms with Gasteiger partial charge in [-0.15, -0.1) is 0 Å². The lowest BCUT2D eigenvalue weighted by Gasteiger charge is -2.52. The molecule has 0 radical (unpaired) electrons. The molecular formula is C14H22N2O. The molecule has 3 nitrogen and oxygen atoms in total. The van der Waals surface area contributed by atoms with Crippen LogP contribution in [0.4, 0.5) is 0 Å². The molecule has 94 valence electrons. The van der Waals surface area contributed by atoms with Crippen LogP contribution in [0.1, 0.15) is 25.7 Å². The predicted molar refractivity (Wildman–Crippen MR) is 66.2 cm³/mol. The summed E-state index contributed by atoms with van der Waals surface area (Å²) in [5.41, 5.74) is 0. The molecule has 6 unspecified atom stereocenters. The molecule has 0 aromatic carbocycles. The summed E-state index contributed by atoms with van der Waals surface area (Å²) in [6.07, 6.45) is 10.00. The molecular weight excluding hydrogens is 212 g/mol. The Morgan fingerprint density at radius 2 is 1.76 bits per heavy atom. The van der Waals surface area contributed by atoms with Gasteiger partial charge in [-0.3, -0.25) is 0 Å². The largest absolute Gasteiger partial charge is 0.494 e. The van der Waals surface area contributed by atoms with Crippen molar-refractivity contribution in [3.8, 4) is 0 Å². The molecule has 2 aliphatic carbocycles. The van der Waals surface area contributed by atoms with E-state index in [1.807, 2.05) is 12.5 Å². The van der Waals surface area contributed by atoms with Gasteiger partial charge in [0.2, 0.25) is 0 Å². The molecule has 2 saturated carbocycles. The van der Waals surface area contributed by atoms with Crippen LogP contribution in [-0.2, 0) is 4.74 Å². The lowest BCUT2D eigenvalue weighted by Crippen LogP contribution is -2.59. The summed E-state index contributed by atoms with van der Waals surface area (Å²) >= 11 is 0. The predicted octanol–water partition coefficient (Wildman–Crippen LogP) is 1.47. The Labute approximate surface area is 103 Å². The van der Waals surface area contributed by atoms with Crippen molar-refractivity contribution in [3.63, 3.8) is 0 Å². The van der Waals surface area contributed by atoms with E-state index in [4.69, 9.17) is 4.74 Å². The number of hydrogen-bond acceptors (Lipinski definition) is 3. The van der Waals surface area contributed by atoms with Gasteiger partial charge in [0.05, 0.1) is 12.3 Å². The summed E-state index contributed by atoms with van der Waals surface area (Å²) in [5.74, 6) is 3.39. The highest BCUT2D eigenvalue weighted by molar-refractivity contribution is 5.08. The van der Waals surface area contributed by atoms with Crippen molar-refractivity contribution in [2.45, 2.75) is 37.8 Å². The zero-order chi connectivity index (χ0) is 11.2. The monoisotopic (exact) mass is 234 g/mol. The summed E-state index contributed by atoms with van der Waals surface area (Å²) in [6.45, 7) is 2.38. The Balaban J connectivity index is 1.68. The van der Waals surface area contributed by atoms with Crippen molar-refractivity contribution in [2.24, 2.45) is 23.7 Å². The maximum atomic E-state index is 5.96. The Hall–Kier alpha value is -0.700. The molecule has 1 saturated heterocycles. The normalized spacial score (nSPS) is 51.8. The van der Waals surface area contributed by atoms with Gasteiger partial charge in [-0.25, -0.2) is 0 Å². The van der Waals surface area contributed by atoms with Gasteiger partial charge >= 0.3 is 0 Å². The second-order valence-corrected chi connectivity index (χ2v) is 6.19. The molecule has 2 N–H and O–H groups in total. The van der Waals surface area contributed by atoms with Crippen molar-refractivity contribution in [2.75, 3.05) is 13.1 Å². The lowest BCUT2D eigenvalue weighted by molar-refractivity contribution is -0.0660. The number of fused-ring (bicyclic) bond motifs is 6. The Kier molecular flexibility index (Phi) is 2.35. The average Bonchev–Trinajstić information content (AvgIpc) is 2.89. The zero-order valence-corrected chi connectivity index (χ0v) is 10.3. The summed E-state index contributed by atoms with van der Waals surface area (Å²) in [5, 5.41) is 7.20. The van der Waals surface area contributed by atoms with Crippen molar-refractivity contribution in [1.29, 1.82) is 0 Å². The van der Waals surface area contributed by atoms with E-state index in [1.165, 1.54) is 32.2 Å². The van der Waals surface area contributed by atoms with E-state index in [0.29, 0.717) is 12.1 Å². The molecule has 3 heteroatoms. The summed E-state index contributed by atoms with van der Waals surface area (Å²) < 4.78 is 5.96. The highest BCUT2D eigenvalue weighted by Gasteiger charge is 2.53. The Bertz CT molecular complexity index is 330. The Morgan fingerprint density at radius 3 is 2.71 bits per heavy atom. The van der Waals surface area contributed by atoms with Crippen molar-refractivity contribution < 1.29 is 4.74 Å². The van der Waals surface area contributed by atoms with Crippen LogP contribution in [0, 0.1) is 23.7 Å². The second-order valence-electron chi connectivity index (χ2n) is 6.19. The number of nitrogens with one attached hydrogen (secondary N) is 2. The number of ether oxygens (including phenoxy) is 1. The van der Waals surface area contributed by atoms with E-state index in [0.717, 1.165) is 30.2 Å². The minimum absolute atomic E-state index is 0.416. The van der Waals surface area contributed by atoms with E-state index in [9.17, 15) is 0 Å². The van der Waals surface area contributed by atoms with Gasteiger partial charge in [-0.05, 0) is 37.1 Å². The molecule has 3 fully saturated rings. The van der Waals surface area contributed by atoms with E-state index in [-0.39, 0.29) is 0 Å². The topological polar surface area (TPSA) is 33.3 Å². The molecule has 2 aliphatic heterocycles. The summed E-state index contributed by atoms with van der Waals surface area (Å²) in [7, 11) is 0. The maximum Gasteiger partial charge on any atom is 0.122 e. The summed E-state index contributed by atoms with van der Waals surface area (Å²) in [4.78, 5) is 0. The number of rotatable bonds is 0. The first-order chi connectivity index (χ1) is 8.45. The molecule has 0 aromatic rings. The second kappa shape index (κ2) is 3.91. The summed E-state index contributed by atoms with van der Waals surface area (Å²) in [6, 6.07) is 0.575. The zero-order valence-electron chi connectivity index (χ0n) is 10.3. The van der Waals surface area contributed by atoms with Crippen LogP contribution in [0.2, 0.25) is 0 Å². The van der Waals surface area contributed by atoms with Gasteiger partial charge in [0.1, 0.15) is 6.10 Å². The van der Waals surface area contributed by atoms with Crippen LogP contribution in [-0.4, -0.2) is 25.2 Å². The SMILES string of the molecule is C1=COC2C3CNCC3C3CCCCC3C2N1. The molecule has 0 bridgehead atoms. The van der Waals surface area contributed by atoms with Crippen LogP contribution in [0.15, 0.2) is 12.5 Å². The van der Waals surface area contributed by atoms with Gasteiger partial charge in [-0.1, -0.05) is 12.8 Å². The van der Waals surface area contributed by atoms with Crippen LogP contribution < -0.4 is 10.6 Å². The van der Waals surface area contributed by atoms with Crippen LogP contribution in [0.25, 0.3) is 0 Å². The maximum absolute atomic E-state index is 5.96. The van der Waals surface area contributed by atoms with Gasteiger partial charge < -0.3 is 15.4 Å². The third kappa shape index (κ3) is 1.44. The Morgan fingerprint density at radius 1 is 0.941 bits per heavy atom. The lowest BCUT2D eigenvalue weighted by atomic mass is 9.59. The van der Waals surface area contributed by atoms with E-state index in [2.05, 4.69) is 10.6 Å². The molecule has 2 heterocycles. The van der Waals surface area contributed by atoms with Gasteiger partial charge in [-0.2, -0.15) is 0 Å². The van der Waals surface area contributed by atoms with Crippen molar-refractivity contribution >= 4 is 0 Å². The number of hydrogen-bond donors (Lipinski definition) is 2.